The maximum atomic E-state index is 11.0. The number of amides is 1. The van der Waals surface area contributed by atoms with Gasteiger partial charge in [-0.05, 0) is 5.56 Å². The van der Waals surface area contributed by atoms with Crippen molar-refractivity contribution < 1.29 is 9.90 Å². The van der Waals surface area contributed by atoms with E-state index in [9.17, 15) is 9.90 Å². The van der Waals surface area contributed by atoms with Gasteiger partial charge < -0.3 is 10.4 Å². The maximum Gasteiger partial charge on any atom is 0.232 e. The molecule has 1 amide bonds. The molecule has 1 aromatic carbocycles. The fraction of sp³-hybridized carbons (Fsp3) is 0.250. The Balaban J connectivity index is 2.41. The molecule has 15 heavy (non-hydrogen) atoms. The van der Waals surface area contributed by atoms with Gasteiger partial charge in [-0.3, -0.25) is 4.79 Å². The van der Waals surface area contributed by atoms with E-state index in [0.717, 1.165) is 5.56 Å². The summed E-state index contributed by atoms with van der Waals surface area (Å²) in [6, 6.07) is 9.15. The molecule has 0 spiro atoms. The summed E-state index contributed by atoms with van der Waals surface area (Å²) in [5.41, 5.74) is 0.776. The zero-order chi connectivity index (χ0) is 11.1. The lowest BCUT2D eigenvalue weighted by molar-refractivity contribution is -0.120. The number of rotatable bonds is 4. The first-order valence-electron chi connectivity index (χ1n) is 4.67. The minimum absolute atomic E-state index is 0.0432. The highest BCUT2D eigenvalue weighted by atomic mass is 16.3. The van der Waals surface area contributed by atoms with Crippen molar-refractivity contribution in [2.75, 3.05) is 6.54 Å². The molecule has 78 valence electrons. The Morgan fingerprint density at radius 1 is 1.47 bits per heavy atom. The van der Waals surface area contributed by atoms with E-state index in [1.807, 2.05) is 18.2 Å². The van der Waals surface area contributed by atoms with Crippen LogP contribution in [-0.2, 0) is 4.79 Å². The third-order valence-electron chi connectivity index (χ3n) is 1.94. The molecule has 0 radical (unpaired) electrons. The number of nitrogens with one attached hydrogen (secondary N) is 1. The Bertz CT molecular complexity index is 354. The van der Waals surface area contributed by atoms with Crippen LogP contribution in [0.1, 0.15) is 18.1 Å². The van der Waals surface area contributed by atoms with Gasteiger partial charge in [0, 0.05) is 6.54 Å². The van der Waals surface area contributed by atoms with Crippen LogP contribution >= 0.6 is 0 Å². The first-order valence-corrected chi connectivity index (χ1v) is 4.67. The average Bonchev–Trinajstić information content (AvgIpc) is 2.27. The van der Waals surface area contributed by atoms with Crippen LogP contribution in [0.25, 0.3) is 0 Å². The molecule has 1 unspecified atom stereocenters. The van der Waals surface area contributed by atoms with Crippen LogP contribution in [-0.4, -0.2) is 17.6 Å². The molecule has 0 aliphatic heterocycles. The predicted octanol–water partition coefficient (Wildman–Crippen LogP) is 0.860. The topological polar surface area (TPSA) is 49.3 Å². The van der Waals surface area contributed by atoms with E-state index in [1.54, 1.807) is 12.1 Å². The number of hydrogen-bond donors (Lipinski definition) is 2. The number of terminal acetylenes is 1. The van der Waals surface area contributed by atoms with Gasteiger partial charge in [-0.1, -0.05) is 36.3 Å². The molecule has 1 atom stereocenters. The number of aliphatic hydroxyl groups is 1. The first kappa shape index (κ1) is 11.3. The van der Waals surface area contributed by atoms with Crippen LogP contribution in [0, 0.1) is 12.3 Å². The third kappa shape index (κ3) is 3.84. The van der Waals surface area contributed by atoms with Crippen molar-refractivity contribution in [3.63, 3.8) is 0 Å². The van der Waals surface area contributed by atoms with Gasteiger partial charge in [-0.2, -0.15) is 0 Å². The van der Waals surface area contributed by atoms with Crippen LogP contribution in [0.3, 0.4) is 0 Å². The standard InChI is InChI=1S/C12H13NO2/c1-2-6-12(15)13-9-11(14)10-7-4-3-5-8-10/h1,3-5,7-8,11,14H,6,9H2,(H,13,15). The molecule has 0 fully saturated rings. The van der Waals surface area contributed by atoms with Gasteiger partial charge in [-0.25, -0.2) is 0 Å². The summed E-state index contributed by atoms with van der Waals surface area (Å²) in [5.74, 6) is 1.99. The average molecular weight is 203 g/mol. The summed E-state index contributed by atoms with van der Waals surface area (Å²) in [7, 11) is 0. The molecule has 1 aromatic rings. The molecule has 3 heteroatoms. The fourth-order valence-corrected chi connectivity index (χ4v) is 1.16. The van der Waals surface area contributed by atoms with Crippen molar-refractivity contribution in [3.05, 3.63) is 35.9 Å². The van der Waals surface area contributed by atoms with Gasteiger partial charge >= 0.3 is 0 Å². The predicted molar refractivity (Wildman–Crippen MR) is 57.9 cm³/mol. The van der Waals surface area contributed by atoms with Crippen molar-refractivity contribution in [3.8, 4) is 12.3 Å². The summed E-state index contributed by atoms with van der Waals surface area (Å²) in [6.45, 7) is 0.185. The van der Waals surface area contributed by atoms with Crippen molar-refractivity contribution in [1.82, 2.24) is 5.32 Å². The van der Waals surface area contributed by atoms with Crippen molar-refractivity contribution in [1.29, 1.82) is 0 Å². The molecule has 0 aliphatic rings. The zero-order valence-electron chi connectivity index (χ0n) is 8.31. The number of carbonyl (C=O) groups is 1. The van der Waals surface area contributed by atoms with E-state index < -0.39 is 6.10 Å². The number of aliphatic hydroxyl groups excluding tert-OH is 1. The highest BCUT2D eigenvalue weighted by molar-refractivity contribution is 5.78. The van der Waals surface area contributed by atoms with E-state index in [2.05, 4.69) is 11.2 Å². The van der Waals surface area contributed by atoms with Gasteiger partial charge in [0.05, 0.1) is 12.5 Å². The highest BCUT2D eigenvalue weighted by Crippen LogP contribution is 2.10. The number of carbonyl (C=O) groups excluding carboxylic acids is 1. The summed E-state index contributed by atoms with van der Waals surface area (Å²) in [4.78, 5) is 11.0. The highest BCUT2D eigenvalue weighted by Gasteiger charge is 2.07. The second-order valence-electron chi connectivity index (χ2n) is 3.11. The van der Waals surface area contributed by atoms with Crippen LogP contribution < -0.4 is 5.32 Å². The van der Waals surface area contributed by atoms with Gasteiger partial charge in [0.15, 0.2) is 0 Å². The minimum atomic E-state index is -0.687. The quantitative estimate of drug-likeness (QED) is 0.713. The fourth-order valence-electron chi connectivity index (χ4n) is 1.16. The van der Waals surface area contributed by atoms with Gasteiger partial charge in [0.25, 0.3) is 0 Å². The van der Waals surface area contributed by atoms with E-state index in [0.29, 0.717) is 0 Å². The second kappa shape index (κ2) is 5.84. The number of benzene rings is 1. The monoisotopic (exact) mass is 203 g/mol. The Morgan fingerprint density at radius 3 is 2.73 bits per heavy atom. The van der Waals surface area contributed by atoms with E-state index in [-0.39, 0.29) is 18.9 Å². The molecule has 0 saturated carbocycles. The summed E-state index contributed by atoms with van der Waals surface area (Å²) < 4.78 is 0. The molecule has 0 bridgehead atoms. The van der Waals surface area contributed by atoms with E-state index in [4.69, 9.17) is 6.42 Å². The van der Waals surface area contributed by atoms with Gasteiger partial charge in [-0.15, -0.1) is 6.42 Å². The van der Waals surface area contributed by atoms with E-state index in [1.165, 1.54) is 0 Å². The summed E-state index contributed by atoms with van der Waals surface area (Å²) in [5, 5.41) is 12.2. The minimum Gasteiger partial charge on any atom is -0.387 e. The molecule has 2 N–H and O–H groups in total. The van der Waals surface area contributed by atoms with Crippen LogP contribution in [0.2, 0.25) is 0 Å². The molecule has 0 saturated heterocycles. The SMILES string of the molecule is C#CCC(=O)NCC(O)c1ccccc1. The maximum absolute atomic E-state index is 11.0. The summed E-state index contributed by atoms with van der Waals surface area (Å²) >= 11 is 0. The smallest absolute Gasteiger partial charge is 0.232 e. The molecule has 3 nitrogen and oxygen atoms in total. The molecular formula is C12H13NO2. The zero-order valence-corrected chi connectivity index (χ0v) is 8.31. The van der Waals surface area contributed by atoms with Crippen LogP contribution in [0.4, 0.5) is 0 Å². The Hall–Kier alpha value is -1.79. The normalized spacial score (nSPS) is 11.5. The van der Waals surface area contributed by atoms with Crippen molar-refractivity contribution in [2.24, 2.45) is 0 Å². The first-order chi connectivity index (χ1) is 7.24. The van der Waals surface area contributed by atoms with Crippen LogP contribution in [0.5, 0.6) is 0 Å². The van der Waals surface area contributed by atoms with Crippen molar-refractivity contribution >= 4 is 5.91 Å². The molecule has 0 aromatic heterocycles. The Morgan fingerprint density at radius 2 is 2.13 bits per heavy atom. The lowest BCUT2D eigenvalue weighted by atomic mass is 10.1. The Kier molecular flexibility index (Phi) is 4.39. The van der Waals surface area contributed by atoms with Crippen molar-refractivity contribution in [2.45, 2.75) is 12.5 Å². The lowest BCUT2D eigenvalue weighted by Gasteiger charge is -2.11. The van der Waals surface area contributed by atoms with E-state index >= 15 is 0 Å². The second-order valence-corrected chi connectivity index (χ2v) is 3.11. The summed E-state index contributed by atoms with van der Waals surface area (Å²) in [6.07, 6.45) is 4.33. The largest absolute Gasteiger partial charge is 0.387 e. The lowest BCUT2D eigenvalue weighted by Crippen LogP contribution is -2.27. The van der Waals surface area contributed by atoms with Gasteiger partial charge in [0.2, 0.25) is 5.91 Å². The molecular weight excluding hydrogens is 190 g/mol. The number of hydrogen-bond acceptors (Lipinski definition) is 2. The molecule has 0 aliphatic carbocycles. The third-order valence-corrected chi connectivity index (χ3v) is 1.94. The Labute approximate surface area is 89.1 Å². The molecule has 1 rings (SSSR count). The molecule has 0 heterocycles. The van der Waals surface area contributed by atoms with Crippen LogP contribution in [0.15, 0.2) is 30.3 Å². The van der Waals surface area contributed by atoms with Gasteiger partial charge in [0.1, 0.15) is 0 Å².